The van der Waals surface area contributed by atoms with Crippen molar-refractivity contribution >= 4 is 38.9 Å². The van der Waals surface area contributed by atoms with E-state index >= 15 is 0 Å². The lowest BCUT2D eigenvalue weighted by atomic mass is 10.1. The molecule has 1 atom stereocenters. The second-order valence-corrected chi connectivity index (χ2v) is 11.2. The van der Waals surface area contributed by atoms with E-state index in [2.05, 4.69) is 5.32 Å². The fourth-order valence-corrected chi connectivity index (χ4v) is 5.95. The van der Waals surface area contributed by atoms with Gasteiger partial charge in [0.25, 0.3) is 17.7 Å². The number of carbonyl (C=O) groups is 3. The molecule has 4 rings (SSSR count). The topological polar surface area (TPSA) is 104 Å². The third-order valence-corrected chi connectivity index (χ3v) is 8.52. The van der Waals surface area contributed by atoms with E-state index in [-0.39, 0.29) is 42.5 Å². The summed E-state index contributed by atoms with van der Waals surface area (Å²) in [5, 5.41) is 2.48. The minimum Gasteiger partial charge on any atom is -0.336 e. The van der Waals surface area contributed by atoms with Crippen LogP contribution >= 0.6 is 11.3 Å². The third-order valence-electron chi connectivity index (χ3n) is 5.79. The summed E-state index contributed by atoms with van der Waals surface area (Å²) < 4.78 is 26.9. The summed E-state index contributed by atoms with van der Waals surface area (Å²) in [6.45, 7) is 2.74. The number of nitrogens with one attached hydrogen (secondary N) is 1. The fraction of sp³-hybridized carbons (Fsp3) is 0.240. The number of benzene rings is 2. The van der Waals surface area contributed by atoms with Crippen LogP contribution in [0.4, 0.5) is 0 Å². The van der Waals surface area contributed by atoms with Gasteiger partial charge < -0.3 is 15.1 Å². The quantitative estimate of drug-likeness (QED) is 0.548. The monoisotopic (exact) mass is 511 g/mol. The van der Waals surface area contributed by atoms with Gasteiger partial charge in [0.15, 0.2) is 0 Å². The van der Waals surface area contributed by atoms with Crippen LogP contribution in [0.3, 0.4) is 0 Å². The van der Waals surface area contributed by atoms with Crippen LogP contribution in [0.2, 0.25) is 0 Å². The van der Waals surface area contributed by atoms with Gasteiger partial charge in [-0.3, -0.25) is 14.4 Å². The van der Waals surface area contributed by atoms with E-state index in [0.29, 0.717) is 4.88 Å². The first-order chi connectivity index (χ1) is 16.8. The molecule has 2 aromatic carbocycles. The van der Waals surface area contributed by atoms with Crippen molar-refractivity contribution in [1.29, 1.82) is 0 Å². The number of piperazine rings is 1. The molecule has 35 heavy (non-hydrogen) atoms. The molecule has 0 saturated carbocycles. The molecular formula is C25H25N3O5S2. The van der Waals surface area contributed by atoms with Crippen molar-refractivity contribution in [3.63, 3.8) is 0 Å². The second kappa shape index (κ2) is 10.4. The maximum absolute atomic E-state index is 13.5. The number of rotatable bonds is 6. The van der Waals surface area contributed by atoms with Gasteiger partial charge in [0.05, 0.1) is 9.77 Å². The Labute approximate surface area is 208 Å². The molecule has 3 aromatic rings. The van der Waals surface area contributed by atoms with Gasteiger partial charge in [-0.05, 0) is 42.6 Å². The number of sulfone groups is 1. The van der Waals surface area contributed by atoms with Crippen molar-refractivity contribution in [2.24, 2.45) is 0 Å². The Kier molecular flexibility index (Phi) is 7.32. The summed E-state index contributed by atoms with van der Waals surface area (Å²) in [5.41, 5.74) is 1.20. The number of aryl methyl sites for hydroxylation is 1. The van der Waals surface area contributed by atoms with Crippen LogP contribution in [0, 0.1) is 6.92 Å². The second-order valence-electron chi connectivity index (χ2n) is 8.17. The standard InChI is InChI=1S/C25H25N3O5S2/c1-18-9-11-19(12-10-18)22(29)26-23(35(32,33)20-6-3-2-4-7-20)25(31)28-15-13-27(14-16-28)24(30)21-8-5-17-34-21/h2-12,17,23H,13-16H2,1H3,(H,26,29)/t23-/m1/s1. The van der Waals surface area contributed by atoms with Crippen LogP contribution in [0.1, 0.15) is 25.6 Å². The highest BCUT2D eigenvalue weighted by Crippen LogP contribution is 2.19. The molecule has 3 amide bonds. The molecule has 10 heteroatoms. The molecule has 1 aliphatic rings. The lowest BCUT2D eigenvalue weighted by Gasteiger charge is -2.36. The summed E-state index contributed by atoms with van der Waals surface area (Å²) in [7, 11) is -4.23. The number of hydrogen-bond acceptors (Lipinski definition) is 6. The van der Waals surface area contributed by atoms with Gasteiger partial charge in [0.2, 0.25) is 15.2 Å². The maximum atomic E-state index is 13.5. The van der Waals surface area contributed by atoms with Crippen molar-refractivity contribution in [2.45, 2.75) is 17.2 Å². The Bertz CT molecular complexity index is 1300. The van der Waals surface area contributed by atoms with Crippen LogP contribution in [0.25, 0.3) is 0 Å². The van der Waals surface area contributed by atoms with Gasteiger partial charge in [-0.25, -0.2) is 8.42 Å². The van der Waals surface area contributed by atoms with E-state index in [1.807, 2.05) is 12.3 Å². The van der Waals surface area contributed by atoms with Crippen molar-refractivity contribution in [3.05, 3.63) is 88.1 Å². The van der Waals surface area contributed by atoms with E-state index in [4.69, 9.17) is 0 Å². The van der Waals surface area contributed by atoms with Crippen LogP contribution in [-0.2, 0) is 14.6 Å². The number of nitrogens with zero attached hydrogens (tertiary/aromatic N) is 2. The predicted molar refractivity (Wildman–Crippen MR) is 133 cm³/mol. The predicted octanol–water partition coefficient (Wildman–Crippen LogP) is 2.57. The zero-order valence-electron chi connectivity index (χ0n) is 19.1. The molecule has 8 nitrogen and oxygen atoms in total. The molecule has 1 aliphatic heterocycles. The van der Waals surface area contributed by atoms with Crippen LogP contribution in [0.15, 0.2) is 77.0 Å². The molecule has 1 aromatic heterocycles. The summed E-state index contributed by atoms with van der Waals surface area (Å²) in [4.78, 5) is 42.6. The van der Waals surface area contributed by atoms with E-state index < -0.39 is 27.0 Å². The van der Waals surface area contributed by atoms with E-state index in [0.717, 1.165) is 5.56 Å². The highest BCUT2D eigenvalue weighted by atomic mass is 32.2. The maximum Gasteiger partial charge on any atom is 0.264 e. The van der Waals surface area contributed by atoms with E-state index in [9.17, 15) is 22.8 Å². The Morgan fingerprint density at radius 3 is 2.09 bits per heavy atom. The summed E-state index contributed by atoms with van der Waals surface area (Å²) in [6.07, 6.45) is 0. The summed E-state index contributed by atoms with van der Waals surface area (Å²) >= 11 is 1.34. The summed E-state index contributed by atoms with van der Waals surface area (Å²) in [6, 6.07) is 17.8. The first kappa shape index (κ1) is 24.6. The molecule has 0 unspecified atom stereocenters. The van der Waals surface area contributed by atoms with E-state index in [1.165, 1.54) is 28.4 Å². The SMILES string of the molecule is Cc1ccc(C(=O)N[C@@H](C(=O)N2CCN(C(=O)c3cccs3)CC2)S(=O)(=O)c2ccccc2)cc1. The van der Waals surface area contributed by atoms with Gasteiger partial charge in [-0.15, -0.1) is 11.3 Å². The fourth-order valence-electron chi connectivity index (χ4n) is 3.78. The third kappa shape index (κ3) is 5.44. The van der Waals surface area contributed by atoms with Crippen molar-refractivity contribution < 1.29 is 22.8 Å². The zero-order valence-corrected chi connectivity index (χ0v) is 20.7. The smallest absolute Gasteiger partial charge is 0.264 e. The van der Waals surface area contributed by atoms with Gasteiger partial charge in [-0.2, -0.15) is 0 Å². The zero-order chi connectivity index (χ0) is 25.0. The van der Waals surface area contributed by atoms with Gasteiger partial charge in [0.1, 0.15) is 0 Å². The number of amides is 3. The number of hydrogen-bond donors (Lipinski definition) is 1. The number of thiophene rings is 1. The molecular weight excluding hydrogens is 486 g/mol. The molecule has 1 fully saturated rings. The minimum atomic E-state index is -4.23. The Morgan fingerprint density at radius 2 is 1.49 bits per heavy atom. The van der Waals surface area contributed by atoms with Crippen LogP contribution in [0.5, 0.6) is 0 Å². The van der Waals surface area contributed by atoms with Crippen molar-refractivity contribution in [3.8, 4) is 0 Å². The van der Waals surface area contributed by atoms with E-state index in [1.54, 1.807) is 59.5 Å². The highest BCUT2D eigenvalue weighted by Gasteiger charge is 2.39. The number of carbonyl (C=O) groups excluding carboxylic acids is 3. The Hall–Kier alpha value is -3.50. The molecule has 0 aliphatic carbocycles. The van der Waals surface area contributed by atoms with Crippen LogP contribution < -0.4 is 5.32 Å². The Balaban J connectivity index is 1.55. The average molecular weight is 512 g/mol. The van der Waals surface area contributed by atoms with Crippen molar-refractivity contribution in [2.75, 3.05) is 26.2 Å². The molecule has 0 spiro atoms. The lowest BCUT2D eigenvalue weighted by Crippen LogP contribution is -2.57. The highest BCUT2D eigenvalue weighted by molar-refractivity contribution is 7.92. The van der Waals surface area contributed by atoms with Crippen LogP contribution in [-0.4, -0.2) is 67.5 Å². The minimum absolute atomic E-state index is 0.0611. The molecule has 1 N–H and O–H groups in total. The van der Waals surface area contributed by atoms with Gasteiger partial charge in [-0.1, -0.05) is 42.0 Å². The van der Waals surface area contributed by atoms with Gasteiger partial charge in [0, 0.05) is 31.7 Å². The summed E-state index contributed by atoms with van der Waals surface area (Å²) in [5.74, 6) is -1.50. The molecule has 0 radical (unpaired) electrons. The normalized spacial score (nSPS) is 14.9. The lowest BCUT2D eigenvalue weighted by molar-refractivity contribution is -0.132. The first-order valence-corrected chi connectivity index (χ1v) is 13.5. The van der Waals surface area contributed by atoms with Gasteiger partial charge >= 0.3 is 0 Å². The average Bonchev–Trinajstić information content (AvgIpc) is 3.42. The largest absolute Gasteiger partial charge is 0.336 e. The molecule has 0 bridgehead atoms. The molecule has 2 heterocycles. The molecule has 1 saturated heterocycles. The van der Waals surface area contributed by atoms with Crippen molar-refractivity contribution in [1.82, 2.24) is 15.1 Å². The first-order valence-electron chi connectivity index (χ1n) is 11.1. The molecule has 182 valence electrons. The Morgan fingerprint density at radius 1 is 0.857 bits per heavy atom.